The van der Waals surface area contributed by atoms with Crippen molar-refractivity contribution in [2.24, 2.45) is 5.73 Å². The predicted molar refractivity (Wildman–Crippen MR) is 122 cm³/mol. The van der Waals surface area contributed by atoms with E-state index in [1.54, 1.807) is 0 Å². The molecule has 2 aliphatic rings. The first-order valence-corrected chi connectivity index (χ1v) is 11.0. The maximum Gasteiger partial charge on any atom is 0.244 e. The topological polar surface area (TPSA) is 97.0 Å². The summed E-state index contributed by atoms with van der Waals surface area (Å²) in [7, 11) is 0. The van der Waals surface area contributed by atoms with Gasteiger partial charge in [-0.15, -0.1) is 5.10 Å². The molecule has 3 aromatic rings. The highest BCUT2D eigenvalue weighted by molar-refractivity contribution is 5.73. The number of ether oxygens (including phenoxy) is 2. The second-order valence-electron chi connectivity index (χ2n) is 8.65. The molecule has 1 aromatic heterocycles. The molecule has 1 unspecified atom stereocenters. The fourth-order valence-electron chi connectivity index (χ4n) is 4.82. The Morgan fingerprint density at radius 1 is 1.12 bits per heavy atom. The number of nitrogens with two attached hydrogens (primary N) is 1. The van der Waals surface area contributed by atoms with Gasteiger partial charge in [0.15, 0.2) is 0 Å². The molecule has 0 spiro atoms. The van der Waals surface area contributed by atoms with E-state index >= 15 is 0 Å². The van der Waals surface area contributed by atoms with Crippen molar-refractivity contribution < 1.29 is 9.47 Å². The molecule has 1 fully saturated rings. The third-order valence-corrected chi connectivity index (χ3v) is 6.41. The van der Waals surface area contributed by atoms with E-state index in [0.717, 1.165) is 46.5 Å². The van der Waals surface area contributed by atoms with Gasteiger partial charge in [0.2, 0.25) is 11.8 Å². The number of allylic oxidation sites excluding steroid dienone is 1. The number of aryl methyl sites for hydroxylation is 2. The van der Waals surface area contributed by atoms with Crippen molar-refractivity contribution in [3.63, 3.8) is 0 Å². The molecular formula is C26H26N4O2. The summed E-state index contributed by atoms with van der Waals surface area (Å²) in [6, 6.07) is 16.5. The average Bonchev–Trinajstić information content (AvgIpc) is 3.43. The van der Waals surface area contributed by atoms with E-state index in [9.17, 15) is 5.26 Å². The van der Waals surface area contributed by atoms with Crippen molar-refractivity contribution in [2.75, 3.05) is 0 Å². The second kappa shape index (κ2) is 8.08. The van der Waals surface area contributed by atoms with E-state index < -0.39 is 0 Å². The molecule has 2 aromatic carbocycles. The van der Waals surface area contributed by atoms with Gasteiger partial charge in [-0.1, -0.05) is 35.9 Å². The van der Waals surface area contributed by atoms with Gasteiger partial charge in [-0.3, -0.25) is 5.10 Å². The van der Waals surface area contributed by atoms with Crippen LogP contribution in [0.4, 0.5) is 0 Å². The fraction of sp³-hybridized carbons (Fsp3) is 0.308. The highest BCUT2D eigenvalue weighted by Crippen LogP contribution is 2.46. The summed E-state index contributed by atoms with van der Waals surface area (Å²) in [6.07, 6.45) is 4.97. The number of hydrogen-bond acceptors (Lipinski definition) is 5. The lowest BCUT2D eigenvalue weighted by Crippen LogP contribution is -2.21. The van der Waals surface area contributed by atoms with Gasteiger partial charge in [0.1, 0.15) is 17.4 Å². The van der Waals surface area contributed by atoms with Crippen LogP contribution in [0.3, 0.4) is 0 Å². The largest absolute Gasteiger partial charge is 0.490 e. The third-order valence-electron chi connectivity index (χ3n) is 6.41. The van der Waals surface area contributed by atoms with E-state index in [4.69, 9.17) is 15.2 Å². The molecule has 0 radical (unpaired) electrons. The molecule has 5 rings (SSSR count). The summed E-state index contributed by atoms with van der Waals surface area (Å²) in [5.74, 6) is 0.978. The van der Waals surface area contributed by atoms with Crippen LogP contribution in [0.5, 0.6) is 11.6 Å². The number of fused-ring (bicyclic) bond motifs is 1. The maximum absolute atomic E-state index is 9.93. The van der Waals surface area contributed by atoms with E-state index in [2.05, 4.69) is 48.3 Å². The number of H-pyrrole nitrogens is 1. The van der Waals surface area contributed by atoms with Crippen LogP contribution in [-0.2, 0) is 0 Å². The number of aromatic nitrogens is 2. The summed E-state index contributed by atoms with van der Waals surface area (Å²) in [6.45, 7) is 4.14. The normalized spacial score (nSPS) is 18.2. The maximum atomic E-state index is 9.93. The zero-order chi connectivity index (χ0) is 22.2. The van der Waals surface area contributed by atoms with Gasteiger partial charge < -0.3 is 15.2 Å². The van der Waals surface area contributed by atoms with Crippen molar-refractivity contribution in [2.45, 2.75) is 51.6 Å². The van der Waals surface area contributed by atoms with Crippen LogP contribution in [0.2, 0.25) is 0 Å². The first kappa shape index (κ1) is 20.2. The minimum atomic E-state index is -0.376. The van der Waals surface area contributed by atoms with E-state index in [-0.39, 0.29) is 11.8 Å². The van der Waals surface area contributed by atoms with Gasteiger partial charge in [-0.05, 0) is 62.8 Å². The Labute approximate surface area is 187 Å². The molecule has 0 amide bonds. The Kier molecular flexibility index (Phi) is 5.10. The minimum Gasteiger partial charge on any atom is -0.490 e. The quantitative estimate of drug-likeness (QED) is 0.595. The number of nitriles is 1. The molecule has 1 aliphatic heterocycles. The molecule has 1 atom stereocenters. The first-order valence-electron chi connectivity index (χ1n) is 11.0. The molecule has 1 saturated carbocycles. The SMILES string of the molecule is Cc1ccc(-c2[nH]nc3c2C(c2ccc(OC4CCCC4)cc2)C(C#N)=C(N)O3)c(C)c1. The average molecular weight is 427 g/mol. The van der Waals surface area contributed by atoms with Crippen LogP contribution in [0, 0.1) is 25.2 Å². The van der Waals surface area contributed by atoms with E-state index in [1.807, 2.05) is 24.3 Å². The number of nitrogens with zero attached hydrogens (tertiary/aromatic N) is 2. The van der Waals surface area contributed by atoms with Crippen LogP contribution >= 0.6 is 0 Å². The Bertz CT molecular complexity index is 1230. The van der Waals surface area contributed by atoms with E-state index in [0.29, 0.717) is 17.6 Å². The number of rotatable bonds is 4. The van der Waals surface area contributed by atoms with Gasteiger partial charge in [0, 0.05) is 5.56 Å². The summed E-state index contributed by atoms with van der Waals surface area (Å²) in [4.78, 5) is 0. The Balaban J connectivity index is 1.57. The number of hydrogen-bond donors (Lipinski definition) is 2. The van der Waals surface area contributed by atoms with Gasteiger partial charge in [0.05, 0.1) is 23.3 Å². The lowest BCUT2D eigenvalue weighted by molar-refractivity contribution is 0.210. The molecule has 6 heteroatoms. The van der Waals surface area contributed by atoms with Crippen LogP contribution in [-0.4, -0.2) is 16.3 Å². The van der Waals surface area contributed by atoms with Gasteiger partial charge in [0.25, 0.3) is 0 Å². The molecule has 1 aliphatic carbocycles. The molecule has 32 heavy (non-hydrogen) atoms. The zero-order valence-electron chi connectivity index (χ0n) is 18.3. The van der Waals surface area contributed by atoms with Crippen LogP contribution in [0.15, 0.2) is 53.9 Å². The Morgan fingerprint density at radius 2 is 1.88 bits per heavy atom. The summed E-state index contributed by atoms with van der Waals surface area (Å²) in [5, 5.41) is 17.4. The molecule has 6 nitrogen and oxygen atoms in total. The molecular weight excluding hydrogens is 400 g/mol. The molecule has 0 bridgehead atoms. The third kappa shape index (κ3) is 3.50. The monoisotopic (exact) mass is 426 g/mol. The highest BCUT2D eigenvalue weighted by Gasteiger charge is 2.36. The van der Waals surface area contributed by atoms with Crippen molar-refractivity contribution in [3.05, 3.63) is 76.2 Å². The van der Waals surface area contributed by atoms with Crippen LogP contribution in [0.1, 0.15) is 53.9 Å². The lowest BCUT2D eigenvalue weighted by Gasteiger charge is -2.24. The Morgan fingerprint density at radius 3 is 2.56 bits per heavy atom. The second-order valence-corrected chi connectivity index (χ2v) is 8.65. The number of nitrogens with one attached hydrogen (secondary N) is 1. The van der Waals surface area contributed by atoms with Gasteiger partial charge in [-0.25, -0.2) is 0 Å². The van der Waals surface area contributed by atoms with Gasteiger partial charge >= 0.3 is 0 Å². The van der Waals surface area contributed by atoms with Gasteiger partial charge in [-0.2, -0.15) is 5.26 Å². The smallest absolute Gasteiger partial charge is 0.244 e. The first-order chi connectivity index (χ1) is 15.5. The van der Waals surface area contributed by atoms with Crippen LogP contribution in [0.25, 0.3) is 11.3 Å². The lowest BCUT2D eigenvalue weighted by atomic mass is 9.82. The fourth-order valence-corrected chi connectivity index (χ4v) is 4.82. The van der Waals surface area contributed by atoms with Crippen molar-refractivity contribution in [3.8, 4) is 29.0 Å². The highest BCUT2D eigenvalue weighted by atomic mass is 16.5. The summed E-state index contributed by atoms with van der Waals surface area (Å²) < 4.78 is 11.9. The number of benzene rings is 2. The predicted octanol–water partition coefficient (Wildman–Crippen LogP) is 5.23. The molecule has 162 valence electrons. The standard InChI is InChI=1S/C26H26N4O2/c1-15-7-12-20(16(2)13-15)24-23-22(21(14-27)25(28)32-26(23)30-29-24)17-8-10-19(11-9-17)31-18-5-3-4-6-18/h7-13,18,22H,3-6,28H2,1-2H3,(H,29,30). The van der Waals surface area contributed by atoms with E-state index in [1.165, 1.54) is 18.4 Å². The summed E-state index contributed by atoms with van der Waals surface area (Å²) >= 11 is 0. The number of aromatic amines is 1. The van der Waals surface area contributed by atoms with Crippen molar-refractivity contribution >= 4 is 0 Å². The van der Waals surface area contributed by atoms with Crippen molar-refractivity contribution in [1.82, 2.24) is 10.2 Å². The molecule has 2 heterocycles. The minimum absolute atomic E-state index is 0.0926. The summed E-state index contributed by atoms with van der Waals surface area (Å²) in [5.41, 5.74) is 12.5. The Hall–Kier alpha value is -3.72. The van der Waals surface area contributed by atoms with Crippen molar-refractivity contribution in [1.29, 1.82) is 5.26 Å². The zero-order valence-corrected chi connectivity index (χ0v) is 18.3. The molecule has 0 saturated heterocycles. The molecule has 3 N–H and O–H groups in total. The van der Waals surface area contributed by atoms with Crippen LogP contribution < -0.4 is 15.2 Å².